The van der Waals surface area contributed by atoms with Gasteiger partial charge >= 0.3 is 5.69 Å². The highest BCUT2D eigenvalue weighted by molar-refractivity contribution is 5.92. The normalized spacial score (nSPS) is 14.6. The molecule has 0 bridgehead atoms. The standard InChI is InChI=1S/C22H27N7O3/c1-13-14(2)29(15-8-6-5-7-9-15)19(16(13)10-23)25-17(30)11-28-12-24-20-18(28)21(31)27(4)22(32)26(20)3/h12,15H,5-9,11H2,1-4H3,(H,25,30). The number of rotatable bonds is 4. The van der Waals surface area contributed by atoms with E-state index in [9.17, 15) is 19.6 Å². The van der Waals surface area contributed by atoms with Crippen LogP contribution in [0, 0.1) is 25.2 Å². The molecule has 0 spiro atoms. The fourth-order valence-electron chi connectivity index (χ4n) is 4.73. The second kappa shape index (κ2) is 8.15. The molecule has 10 heteroatoms. The maximum atomic E-state index is 13.0. The number of fused-ring (bicyclic) bond motifs is 1. The lowest BCUT2D eigenvalue weighted by Crippen LogP contribution is -2.37. The van der Waals surface area contributed by atoms with Crippen LogP contribution in [0.4, 0.5) is 5.82 Å². The number of carbonyl (C=O) groups excluding carboxylic acids is 1. The molecule has 0 radical (unpaired) electrons. The Bertz CT molecular complexity index is 1370. The number of nitrogens with one attached hydrogen (secondary N) is 1. The van der Waals surface area contributed by atoms with Crippen LogP contribution < -0.4 is 16.6 Å². The average molecular weight is 438 g/mol. The van der Waals surface area contributed by atoms with Crippen LogP contribution in [-0.4, -0.2) is 29.2 Å². The summed E-state index contributed by atoms with van der Waals surface area (Å²) in [6, 6.07) is 2.49. The van der Waals surface area contributed by atoms with Gasteiger partial charge in [0, 0.05) is 25.8 Å². The van der Waals surface area contributed by atoms with E-state index in [4.69, 9.17) is 0 Å². The molecular formula is C22H27N7O3. The number of amides is 1. The second-order valence-electron chi connectivity index (χ2n) is 8.51. The molecule has 1 amide bonds. The number of nitriles is 1. The van der Waals surface area contributed by atoms with E-state index in [1.165, 1.54) is 36.0 Å². The van der Waals surface area contributed by atoms with Crippen LogP contribution in [0.1, 0.15) is 55.0 Å². The quantitative estimate of drug-likeness (QED) is 0.668. The minimum Gasteiger partial charge on any atom is -0.327 e. The van der Waals surface area contributed by atoms with Crippen molar-refractivity contribution in [1.29, 1.82) is 5.26 Å². The zero-order chi connectivity index (χ0) is 23.2. The van der Waals surface area contributed by atoms with Crippen LogP contribution in [0.2, 0.25) is 0 Å². The Kier molecular flexibility index (Phi) is 5.50. The van der Waals surface area contributed by atoms with Gasteiger partial charge in [-0.3, -0.25) is 18.7 Å². The lowest BCUT2D eigenvalue weighted by Gasteiger charge is -2.27. The van der Waals surface area contributed by atoms with Crippen LogP contribution in [-0.2, 0) is 25.4 Å². The van der Waals surface area contributed by atoms with Crippen LogP contribution in [0.25, 0.3) is 11.2 Å². The van der Waals surface area contributed by atoms with Gasteiger partial charge in [-0.1, -0.05) is 19.3 Å². The summed E-state index contributed by atoms with van der Waals surface area (Å²) in [5.41, 5.74) is 1.73. The molecule has 1 fully saturated rings. The highest BCUT2D eigenvalue weighted by Gasteiger charge is 2.26. The first-order valence-corrected chi connectivity index (χ1v) is 10.8. The molecule has 3 heterocycles. The summed E-state index contributed by atoms with van der Waals surface area (Å²) in [7, 11) is 2.92. The van der Waals surface area contributed by atoms with Crippen molar-refractivity contribution in [1.82, 2.24) is 23.3 Å². The molecule has 0 atom stereocenters. The number of aromatic nitrogens is 5. The van der Waals surface area contributed by atoms with E-state index in [-0.39, 0.29) is 29.7 Å². The van der Waals surface area contributed by atoms with E-state index in [2.05, 4.69) is 20.9 Å². The zero-order valence-electron chi connectivity index (χ0n) is 18.8. The molecule has 1 aliphatic rings. The molecule has 3 aromatic heterocycles. The zero-order valence-corrected chi connectivity index (χ0v) is 18.8. The summed E-state index contributed by atoms with van der Waals surface area (Å²) in [6.07, 6.45) is 6.86. The predicted octanol–water partition coefficient (Wildman–Crippen LogP) is 1.87. The molecule has 4 rings (SSSR count). The van der Waals surface area contributed by atoms with Gasteiger partial charge in [-0.15, -0.1) is 0 Å². The van der Waals surface area contributed by atoms with Gasteiger partial charge in [0.25, 0.3) is 5.56 Å². The number of anilines is 1. The number of imidazole rings is 1. The molecule has 32 heavy (non-hydrogen) atoms. The van der Waals surface area contributed by atoms with Crippen molar-refractivity contribution >= 4 is 22.9 Å². The first kappa shape index (κ1) is 21.6. The van der Waals surface area contributed by atoms with E-state index in [0.29, 0.717) is 11.4 Å². The monoisotopic (exact) mass is 437 g/mol. The number of hydrogen-bond donors (Lipinski definition) is 1. The molecule has 0 saturated heterocycles. The molecule has 0 unspecified atom stereocenters. The summed E-state index contributed by atoms with van der Waals surface area (Å²) >= 11 is 0. The first-order valence-electron chi connectivity index (χ1n) is 10.8. The number of aryl methyl sites for hydroxylation is 1. The Morgan fingerprint density at radius 3 is 2.53 bits per heavy atom. The van der Waals surface area contributed by atoms with E-state index in [1.54, 1.807) is 0 Å². The topological polar surface area (TPSA) is 120 Å². The number of hydrogen-bond acceptors (Lipinski definition) is 5. The number of nitrogens with zero attached hydrogens (tertiary/aromatic N) is 6. The summed E-state index contributed by atoms with van der Waals surface area (Å²) in [5, 5.41) is 12.7. The van der Waals surface area contributed by atoms with Gasteiger partial charge in [-0.2, -0.15) is 5.26 Å². The fraction of sp³-hybridized carbons (Fsp3) is 0.500. The third-order valence-electron chi connectivity index (χ3n) is 6.60. The van der Waals surface area contributed by atoms with Crippen molar-refractivity contribution in [2.75, 3.05) is 5.32 Å². The van der Waals surface area contributed by atoms with Crippen LogP contribution in [0.15, 0.2) is 15.9 Å². The fourth-order valence-corrected chi connectivity index (χ4v) is 4.73. The van der Waals surface area contributed by atoms with E-state index in [1.807, 2.05) is 13.8 Å². The molecule has 3 aromatic rings. The van der Waals surface area contributed by atoms with E-state index >= 15 is 0 Å². The number of carbonyl (C=O) groups is 1. The maximum absolute atomic E-state index is 13.0. The predicted molar refractivity (Wildman–Crippen MR) is 120 cm³/mol. The summed E-state index contributed by atoms with van der Waals surface area (Å²) in [5.74, 6) is 0.149. The van der Waals surface area contributed by atoms with Gasteiger partial charge in [0.2, 0.25) is 5.91 Å². The lowest BCUT2D eigenvalue weighted by atomic mass is 9.95. The Labute approximate surface area is 184 Å². The van der Waals surface area contributed by atoms with Crippen molar-refractivity contribution in [3.05, 3.63) is 44.0 Å². The van der Waals surface area contributed by atoms with Crippen molar-refractivity contribution in [3.8, 4) is 6.07 Å². The van der Waals surface area contributed by atoms with Gasteiger partial charge in [-0.25, -0.2) is 9.78 Å². The first-order chi connectivity index (χ1) is 15.3. The van der Waals surface area contributed by atoms with Crippen LogP contribution >= 0.6 is 0 Å². The molecule has 0 aliphatic heterocycles. The third kappa shape index (κ3) is 3.34. The van der Waals surface area contributed by atoms with Crippen molar-refractivity contribution in [2.45, 2.75) is 58.5 Å². The molecule has 10 nitrogen and oxygen atoms in total. The van der Waals surface area contributed by atoms with Crippen molar-refractivity contribution < 1.29 is 4.79 Å². The van der Waals surface area contributed by atoms with Gasteiger partial charge in [-0.05, 0) is 32.3 Å². The van der Waals surface area contributed by atoms with Crippen LogP contribution in [0.5, 0.6) is 0 Å². The summed E-state index contributed by atoms with van der Waals surface area (Å²) in [4.78, 5) is 42.0. The Balaban J connectivity index is 1.70. The second-order valence-corrected chi connectivity index (χ2v) is 8.51. The Morgan fingerprint density at radius 1 is 1.19 bits per heavy atom. The molecule has 168 valence electrons. The van der Waals surface area contributed by atoms with Crippen molar-refractivity contribution in [3.63, 3.8) is 0 Å². The van der Waals surface area contributed by atoms with Gasteiger partial charge in [0.15, 0.2) is 11.2 Å². The van der Waals surface area contributed by atoms with Gasteiger partial charge in [0.1, 0.15) is 18.4 Å². The lowest BCUT2D eigenvalue weighted by molar-refractivity contribution is -0.116. The Hall–Kier alpha value is -3.61. The Morgan fingerprint density at radius 2 is 1.88 bits per heavy atom. The molecule has 1 aliphatic carbocycles. The minimum atomic E-state index is -0.511. The highest BCUT2D eigenvalue weighted by Crippen LogP contribution is 2.36. The minimum absolute atomic E-state index is 0.164. The summed E-state index contributed by atoms with van der Waals surface area (Å²) in [6.45, 7) is 3.72. The molecule has 1 saturated carbocycles. The van der Waals surface area contributed by atoms with E-state index in [0.717, 1.165) is 41.5 Å². The molecular weight excluding hydrogens is 410 g/mol. The largest absolute Gasteiger partial charge is 0.332 e. The summed E-state index contributed by atoms with van der Waals surface area (Å²) < 4.78 is 5.80. The van der Waals surface area contributed by atoms with Crippen molar-refractivity contribution in [2.24, 2.45) is 14.1 Å². The SMILES string of the molecule is Cc1c(C#N)c(NC(=O)Cn2cnc3c2c(=O)n(C)c(=O)n3C)n(C2CCCCC2)c1C. The van der Waals surface area contributed by atoms with Gasteiger partial charge < -0.3 is 14.5 Å². The maximum Gasteiger partial charge on any atom is 0.332 e. The highest BCUT2D eigenvalue weighted by atomic mass is 16.2. The van der Waals surface area contributed by atoms with E-state index < -0.39 is 11.2 Å². The van der Waals surface area contributed by atoms with Gasteiger partial charge in [0.05, 0.1) is 11.9 Å². The molecule has 1 N–H and O–H groups in total. The van der Waals surface area contributed by atoms with Crippen LogP contribution in [0.3, 0.4) is 0 Å². The molecule has 0 aromatic carbocycles. The smallest absolute Gasteiger partial charge is 0.327 e. The average Bonchev–Trinajstić information content (AvgIpc) is 3.30. The third-order valence-corrected chi connectivity index (χ3v) is 6.60.